The molecule has 0 radical (unpaired) electrons. The molecule has 0 spiro atoms. The van der Waals surface area contributed by atoms with Crippen LogP contribution in [0.5, 0.6) is 0 Å². The number of hydrogen-bond acceptors (Lipinski definition) is 3. The molecule has 1 aliphatic carbocycles. The SMILES string of the molecule is CCN(CC1CCC1)CC1(CO)CCOC1. The quantitative estimate of drug-likeness (QED) is 0.746. The summed E-state index contributed by atoms with van der Waals surface area (Å²) in [5.41, 5.74) is 0.0275. The van der Waals surface area contributed by atoms with E-state index in [1.165, 1.54) is 25.8 Å². The molecule has 1 unspecified atom stereocenters. The van der Waals surface area contributed by atoms with Gasteiger partial charge in [-0.15, -0.1) is 0 Å². The molecular formula is C13H25NO2. The molecule has 0 aromatic carbocycles. The van der Waals surface area contributed by atoms with Crippen molar-refractivity contribution in [2.75, 3.05) is 39.5 Å². The zero-order valence-corrected chi connectivity index (χ0v) is 10.5. The van der Waals surface area contributed by atoms with Crippen molar-refractivity contribution in [3.63, 3.8) is 0 Å². The number of ether oxygens (including phenoxy) is 1. The Morgan fingerprint density at radius 2 is 2.25 bits per heavy atom. The summed E-state index contributed by atoms with van der Waals surface area (Å²) < 4.78 is 5.46. The van der Waals surface area contributed by atoms with Gasteiger partial charge < -0.3 is 14.7 Å². The van der Waals surface area contributed by atoms with E-state index in [2.05, 4.69) is 11.8 Å². The van der Waals surface area contributed by atoms with Crippen molar-refractivity contribution in [2.45, 2.75) is 32.6 Å². The summed E-state index contributed by atoms with van der Waals surface area (Å²) in [4.78, 5) is 2.51. The summed E-state index contributed by atoms with van der Waals surface area (Å²) in [5.74, 6) is 0.915. The van der Waals surface area contributed by atoms with Crippen LogP contribution in [0.1, 0.15) is 32.6 Å². The molecule has 16 heavy (non-hydrogen) atoms. The van der Waals surface area contributed by atoms with E-state index >= 15 is 0 Å². The van der Waals surface area contributed by atoms with E-state index in [1.807, 2.05) is 0 Å². The molecule has 1 N–H and O–H groups in total. The lowest BCUT2D eigenvalue weighted by molar-refractivity contribution is 0.0478. The van der Waals surface area contributed by atoms with E-state index in [-0.39, 0.29) is 12.0 Å². The first-order valence-electron chi connectivity index (χ1n) is 6.69. The average Bonchev–Trinajstić information content (AvgIpc) is 2.71. The number of nitrogens with zero attached hydrogens (tertiary/aromatic N) is 1. The van der Waals surface area contributed by atoms with Gasteiger partial charge in [0, 0.05) is 25.1 Å². The number of aliphatic hydroxyl groups is 1. The minimum atomic E-state index is 0.0275. The van der Waals surface area contributed by atoms with Gasteiger partial charge in [0.05, 0.1) is 13.2 Å². The van der Waals surface area contributed by atoms with Crippen LogP contribution in [0, 0.1) is 11.3 Å². The largest absolute Gasteiger partial charge is 0.396 e. The summed E-state index contributed by atoms with van der Waals surface area (Å²) in [6, 6.07) is 0. The standard InChI is InChI=1S/C13H25NO2/c1-2-14(8-12-4-3-5-12)9-13(10-15)6-7-16-11-13/h12,15H,2-11H2,1H3. The molecule has 0 amide bonds. The summed E-state index contributed by atoms with van der Waals surface area (Å²) in [6.45, 7) is 7.38. The van der Waals surface area contributed by atoms with Crippen LogP contribution in [0.4, 0.5) is 0 Å². The first-order valence-corrected chi connectivity index (χ1v) is 6.69. The maximum atomic E-state index is 9.56. The lowest BCUT2D eigenvalue weighted by Crippen LogP contribution is -2.43. The fourth-order valence-electron chi connectivity index (χ4n) is 2.77. The smallest absolute Gasteiger partial charge is 0.0557 e. The summed E-state index contributed by atoms with van der Waals surface area (Å²) in [7, 11) is 0. The van der Waals surface area contributed by atoms with Crippen molar-refractivity contribution in [1.29, 1.82) is 0 Å². The predicted molar refractivity (Wildman–Crippen MR) is 64.4 cm³/mol. The Bertz CT molecular complexity index is 210. The maximum absolute atomic E-state index is 9.56. The van der Waals surface area contributed by atoms with Gasteiger partial charge in [0.2, 0.25) is 0 Å². The number of rotatable bonds is 6. The fourth-order valence-corrected chi connectivity index (χ4v) is 2.77. The van der Waals surface area contributed by atoms with Crippen molar-refractivity contribution in [3.05, 3.63) is 0 Å². The Morgan fingerprint density at radius 1 is 1.44 bits per heavy atom. The molecule has 2 rings (SSSR count). The highest BCUT2D eigenvalue weighted by Crippen LogP contribution is 2.31. The van der Waals surface area contributed by atoms with Crippen molar-refractivity contribution in [2.24, 2.45) is 11.3 Å². The van der Waals surface area contributed by atoms with Crippen molar-refractivity contribution >= 4 is 0 Å². The molecule has 1 saturated carbocycles. The van der Waals surface area contributed by atoms with Crippen LogP contribution in [0.3, 0.4) is 0 Å². The molecule has 1 aliphatic heterocycles. The highest BCUT2D eigenvalue weighted by Gasteiger charge is 2.36. The maximum Gasteiger partial charge on any atom is 0.0557 e. The van der Waals surface area contributed by atoms with Gasteiger partial charge in [-0.2, -0.15) is 0 Å². The minimum absolute atomic E-state index is 0.0275. The molecule has 0 aromatic heterocycles. The lowest BCUT2D eigenvalue weighted by Gasteiger charge is -2.36. The first kappa shape index (κ1) is 12.3. The van der Waals surface area contributed by atoms with Crippen LogP contribution in [0.15, 0.2) is 0 Å². The fraction of sp³-hybridized carbons (Fsp3) is 1.00. The third kappa shape index (κ3) is 2.76. The number of aliphatic hydroxyl groups excluding tert-OH is 1. The van der Waals surface area contributed by atoms with Gasteiger partial charge in [-0.1, -0.05) is 13.3 Å². The zero-order chi connectivity index (χ0) is 11.4. The number of hydrogen-bond donors (Lipinski definition) is 1. The van der Waals surface area contributed by atoms with Crippen molar-refractivity contribution in [1.82, 2.24) is 4.90 Å². The summed E-state index contributed by atoms with van der Waals surface area (Å²) >= 11 is 0. The minimum Gasteiger partial charge on any atom is -0.396 e. The molecule has 3 nitrogen and oxygen atoms in total. The van der Waals surface area contributed by atoms with E-state index in [0.29, 0.717) is 0 Å². The van der Waals surface area contributed by atoms with E-state index in [9.17, 15) is 5.11 Å². The molecule has 94 valence electrons. The molecule has 0 bridgehead atoms. The topological polar surface area (TPSA) is 32.7 Å². The molecule has 2 fully saturated rings. The monoisotopic (exact) mass is 227 g/mol. The van der Waals surface area contributed by atoms with E-state index in [1.54, 1.807) is 0 Å². The Labute approximate surface area is 98.8 Å². The second-order valence-electron chi connectivity index (χ2n) is 5.59. The van der Waals surface area contributed by atoms with Gasteiger partial charge in [-0.25, -0.2) is 0 Å². The second kappa shape index (κ2) is 5.48. The zero-order valence-electron chi connectivity index (χ0n) is 10.5. The molecule has 1 saturated heterocycles. The van der Waals surface area contributed by atoms with Gasteiger partial charge in [0.25, 0.3) is 0 Å². The molecule has 1 atom stereocenters. The Kier molecular flexibility index (Phi) is 4.22. The predicted octanol–water partition coefficient (Wildman–Crippen LogP) is 1.51. The molecule has 0 aromatic rings. The van der Waals surface area contributed by atoms with Crippen LogP contribution < -0.4 is 0 Å². The highest BCUT2D eigenvalue weighted by atomic mass is 16.5. The van der Waals surface area contributed by atoms with Crippen molar-refractivity contribution < 1.29 is 9.84 Å². The van der Waals surface area contributed by atoms with Gasteiger partial charge in [-0.05, 0) is 31.7 Å². The van der Waals surface area contributed by atoms with Gasteiger partial charge in [-0.3, -0.25) is 0 Å². The van der Waals surface area contributed by atoms with Crippen LogP contribution in [-0.4, -0.2) is 49.5 Å². The normalized spacial score (nSPS) is 30.9. The van der Waals surface area contributed by atoms with Crippen LogP contribution >= 0.6 is 0 Å². The lowest BCUT2D eigenvalue weighted by atomic mass is 9.83. The third-order valence-corrected chi connectivity index (χ3v) is 4.27. The first-order chi connectivity index (χ1) is 7.78. The van der Waals surface area contributed by atoms with Crippen LogP contribution in [-0.2, 0) is 4.74 Å². The molecule has 1 heterocycles. The molecule has 3 heteroatoms. The third-order valence-electron chi connectivity index (χ3n) is 4.27. The Balaban J connectivity index is 1.83. The van der Waals surface area contributed by atoms with Gasteiger partial charge >= 0.3 is 0 Å². The van der Waals surface area contributed by atoms with Crippen LogP contribution in [0.2, 0.25) is 0 Å². The summed E-state index contributed by atoms with van der Waals surface area (Å²) in [6.07, 6.45) is 5.24. The van der Waals surface area contributed by atoms with E-state index in [0.717, 1.165) is 38.6 Å². The molecule has 2 aliphatic rings. The average molecular weight is 227 g/mol. The highest BCUT2D eigenvalue weighted by molar-refractivity contribution is 4.87. The van der Waals surface area contributed by atoms with Crippen molar-refractivity contribution in [3.8, 4) is 0 Å². The van der Waals surface area contributed by atoms with E-state index < -0.39 is 0 Å². The van der Waals surface area contributed by atoms with E-state index in [4.69, 9.17) is 4.74 Å². The van der Waals surface area contributed by atoms with Gasteiger partial charge in [0.1, 0.15) is 0 Å². The van der Waals surface area contributed by atoms with Crippen LogP contribution in [0.25, 0.3) is 0 Å². The summed E-state index contributed by atoms with van der Waals surface area (Å²) in [5, 5.41) is 9.56. The van der Waals surface area contributed by atoms with Gasteiger partial charge in [0.15, 0.2) is 0 Å². The molecular weight excluding hydrogens is 202 g/mol. The second-order valence-corrected chi connectivity index (χ2v) is 5.59. The Hall–Kier alpha value is -0.120. The Morgan fingerprint density at radius 3 is 2.69 bits per heavy atom.